The molecular formula is C19H12O3. The van der Waals surface area contributed by atoms with E-state index in [4.69, 9.17) is 9.47 Å². The second-order valence-corrected chi connectivity index (χ2v) is 5.68. The average Bonchev–Trinajstić information content (AvgIpc) is 2.94. The fraction of sp³-hybridized carbons (Fsp3) is 0.105. The Kier molecular flexibility index (Phi) is 2.20. The molecular weight excluding hydrogens is 276 g/mol. The number of hydrogen-bond donors (Lipinski definition) is 0. The summed E-state index contributed by atoms with van der Waals surface area (Å²) in [6.07, 6.45) is 2.64. The third kappa shape index (κ3) is 1.48. The Morgan fingerprint density at radius 1 is 0.818 bits per heavy atom. The standard InChI is InChI=1S/C19H12O3/c20-19-21-16-10-7-12-6-8-14-13-4-2-1-3-11(13)5-9-15(14)17(12)18(16)22-19/h1-10,16,18H/t16-,18-/m1/s1. The SMILES string of the molecule is O=C1O[C@@H]2C=Cc3ccc4c(ccc5ccccc54)c3[C@@H]2O1. The molecule has 2 aliphatic rings. The lowest BCUT2D eigenvalue weighted by Gasteiger charge is -2.22. The molecule has 3 aromatic rings. The summed E-state index contributed by atoms with van der Waals surface area (Å²) >= 11 is 0. The molecule has 3 aromatic carbocycles. The Balaban J connectivity index is 1.88. The zero-order valence-corrected chi connectivity index (χ0v) is 11.7. The van der Waals surface area contributed by atoms with E-state index >= 15 is 0 Å². The molecule has 1 aliphatic carbocycles. The number of hydrogen-bond acceptors (Lipinski definition) is 3. The van der Waals surface area contributed by atoms with Gasteiger partial charge >= 0.3 is 6.16 Å². The molecule has 3 heteroatoms. The van der Waals surface area contributed by atoms with Gasteiger partial charge in [0.1, 0.15) is 0 Å². The molecule has 3 nitrogen and oxygen atoms in total. The number of benzene rings is 3. The van der Waals surface area contributed by atoms with Crippen molar-refractivity contribution < 1.29 is 14.3 Å². The molecule has 22 heavy (non-hydrogen) atoms. The van der Waals surface area contributed by atoms with Crippen LogP contribution in [0.2, 0.25) is 0 Å². The van der Waals surface area contributed by atoms with Gasteiger partial charge in [0.05, 0.1) is 0 Å². The number of rotatable bonds is 0. The zero-order chi connectivity index (χ0) is 14.7. The van der Waals surface area contributed by atoms with Crippen LogP contribution < -0.4 is 0 Å². The van der Waals surface area contributed by atoms with Crippen LogP contribution in [0.3, 0.4) is 0 Å². The molecule has 0 N–H and O–H groups in total. The lowest BCUT2D eigenvalue weighted by Crippen LogP contribution is -2.16. The van der Waals surface area contributed by atoms with Crippen molar-refractivity contribution in [2.45, 2.75) is 12.2 Å². The van der Waals surface area contributed by atoms with Crippen molar-refractivity contribution in [1.29, 1.82) is 0 Å². The molecule has 0 radical (unpaired) electrons. The van der Waals surface area contributed by atoms with E-state index in [1.807, 2.05) is 24.3 Å². The van der Waals surface area contributed by atoms with Gasteiger partial charge in [0.25, 0.3) is 0 Å². The molecule has 1 heterocycles. The van der Waals surface area contributed by atoms with Crippen molar-refractivity contribution in [3.05, 3.63) is 65.7 Å². The third-order valence-electron chi connectivity index (χ3n) is 4.51. The first-order chi connectivity index (χ1) is 10.8. The van der Waals surface area contributed by atoms with Crippen LogP contribution in [0.1, 0.15) is 17.2 Å². The van der Waals surface area contributed by atoms with Gasteiger partial charge in [-0.25, -0.2) is 4.79 Å². The van der Waals surface area contributed by atoms with Gasteiger partial charge in [-0.3, -0.25) is 0 Å². The average molecular weight is 288 g/mol. The molecule has 1 saturated heterocycles. The van der Waals surface area contributed by atoms with Crippen LogP contribution in [0.15, 0.2) is 54.6 Å². The highest BCUT2D eigenvalue weighted by atomic mass is 16.8. The largest absolute Gasteiger partial charge is 0.509 e. The lowest BCUT2D eigenvalue weighted by molar-refractivity contribution is 0.118. The second-order valence-electron chi connectivity index (χ2n) is 5.68. The molecule has 0 unspecified atom stereocenters. The first kappa shape index (κ1) is 11.8. The maximum Gasteiger partial charge on any atom is 0.509 e. The fourth-order valence-electron chi connectivity index (χ4n) is 3.52. The van der Waals surface area contributed by atoms with E-state index in [0.29, 0.717) is 0 Å². The number of fused-ring (bicyclic) bond motifs is 7. The molecule has 1 fully saturated rings. The summed E-state index contributed by atoms with van der Waals surface area (Å²) in [6.45, 7) is 0. The molecule has 0 amide bonds. The molecule has 1 aliphatic heterocycles. The van der Waals surface area contributed by atoms with Gasteiger partial charge in [0.15, 0.2) is 12.2 Å². The Labute approximate surface area is 126 Å². The number of carbonyl (C=O) groups excluding carboxylic acids is 1. The van der Waals surface area contributed by atoms with Crippen LogP contribution in [0.4, 0.5) is 4.79 Å². The lowest BCUT2D eigenvalue weighted by atomic mass is 9.87. The molecule has 0 spiro atoms. The van der Waals surface area contributed by atoms with Gasteiger partial charge in [-0.05, 0) is 33.2 Å². The highest BCUT2D eigenvalue weighted by Gasteiger charge is 2.40. The van der Waals surface area contributed by atoms with Crippen LogP contribution in [0.5, 0.6) is 0 Å². The molecule has 2 atom stereocenters. The first-order valence-electron chi connectivity index (χ1n) is 7.31. The van der Waals surface area contributed by atoms with E-state index in [2.05, 4.69) is 36.4 Å². The van der Waals surface area contributed by atoms with E-state index in [-0.39, 0.29) is 12.2 Å². The van der Waals surface area contributed by atoms with Crippen molar-refractivity contribution in [3.8, 4) is 0 Å². The summed E-state index contributed by atoms with van der Waals surface area (Å²) in [5.41, 5.74) is 2.13. The minimum Gasteiger partial charge on any atom is -0.422 e. The topological polar surface area (TPSA) is 35.5 Å². The summed E-state index contributed by atoms with van der Waals surface area (Å²) in [4.78, 5) is 11.5. The predicted octanol–water partition coefficient (Wildman–Crippen LogP) is 4.60. The molecule has 0 aromatic heterocycles. The smallest absolute Gasteiger partial charge is 0.422 e. The normalized spacial score (nSPS) is 22.3. The Hall–Kier alpha value is -2.81. The van der Waals surface area contributed by atoms with Gasteiger partial charge in [-0.2, -0.15) is 0 Å². The summed E-state index contributed by atoms with van der Waals surface area (Å²) in [5.74, 6) is 0. The van der Waals surface area contributed by atoms with Crippen LogP contribution in [0.25, 0.3) is 27.6 Å². The van der Waals surface area contributed by atoms with Gasteiger partial charge < -0.3 is 9.47 Å². The fourth-order valence-corrected chi connectivity index (χ4v) is 3.52. The highest BCUT2D eigenvalue weighted by molar-refractivity contribution is 6.09. The highest BCUT2D eigenvalue weighted by Crippen LogP contribution is 2.42. The van der Waals surface area contributed by atoms with Crippen molar-refractivity contribution in [2.24, 2.45) is 0 Å². The van der Waals surface area contributed by atoms with Crippen LogP contribution in [0, 0.1) is 0 Å². The van der Waals surface area contributed by atoms with Gasteiger partial charge in [0, 0.05) is 5.56 Å². The summed E-state index contributed by atoms with van der Waals surface area (Å²) in [5, 5.41) is 4.71. The van der Waals surface area contributed by atoms with Gasteiger partial charge in [-0.15, -0.1) is 0 Å². The predicted molar refractivity (Wildman–Crippen MR) is 84.6 cm³/mol. The molecule has 0 bridgehead atoms. The van der Waals surface area contributed by atoms with Crippen molar-refractivity contribution in [3.63, 3.8) is 0 Å². The summed E-state index contributed by atoms with van der Waals surface area (Å²) in [6, 6.07) is 16.8. The Morgan fingerprint density at radius 2 is 1.68 bits per heavy atom. The van der Waals surface area contributed by atoms with Gasteiger partial charge in [-0.1, -0.05) is 54.6 Å². The van der Waals surface area contributed by atoms with Crippen LogP contribution in [-0.4, -0.2) is 12.3 Å². The van der Waals surface area contributed by atoms with Crippen molar-refractivity contribution >= 4 is 33.8 Å². The zero-order valence-electron chi connectivity index (χ0n) is 11.7. The molecule has 106 valence electrons. The van der Waals surface area contributed by atoms with Crippen molar-refractivity contribution in [2.75, 3.05) is 0 Å². The summed E-state index contributed by atoms with van der Waals surface area (Å²) in [7, 11) is 0. The Morgan fingerprint density at radius 3 is 2.64 bits per heavy atom. The number of carbonyl (C=O) groups is 1. The minimum atomic E-state index is -0.592. The molecule has 0 saturated carbocycles. The molecule has 5 rings (SSSR count). The quantitative estimate of drug-likeness (QED) is 0.448. The number of ether oxygens (including phenoxy) is 2. The monoisotopic (exact) mass is 288 g/mol. The van der Waals surface area contributed by atoms with Gasteiger partial charge in [0.2, 0.25) is 0 Å². The maximum absolute atomic E-state index is 11.5. The second kappa shape index (κ2) is 4.10. The van der Waals surface area contributed by atoms with E-state index in [9.17, 15) is 4.79 Å². The van der Waals surface area contributed by atoms with E-state index in [0.717, 1.165) is 16.5 Å². The summed E-state index contributed by atoms with van der Waals surface area (Å²) < 4.78 is 10.6. The maximum atomic E-state index is 11.5. The van der Waals surface area contributed by atoms with Crippen molar-refractivity contribution in [1.82, 2.24) is 0 Å². The van der Waals surface area contributed by atoms with E-state index in [1.54, 1.807) is 0 Å². The third-order valence-corrected chi connectivity index (χ3v) is 4.51. The minimum absolute atomic E-state index is 0.322. The van der Waals surface area contributed by atoms with Crippen LogP contribution >= 0.6 is 0 Å². The first-order valence-corrected chi connectivity index (χ1v) is 7.31. The van der Waals surface area contributed by atoms with E-state index < -0.39 is 6.16 Å². The van der Waals surface area contributed by atoms with Crippen LogP contribution in [-0.2, 0) is 9.47 Å². The van der Waals surface area contributed by atoms with E-state index in [1.165, 1.54) is 16.2 Å². The Bertz CT molecular complexity index is 971.